The summed E-state index contributed by atoms with van der Waals surface area (Å²) in [6.07, 6.45) is 7.03. The van der Waals surface area contributed by atoms with Crippen LogP contribution in [0.2, 0.25) is 0 Å². The second-order valence-corrected chi connectivity index (χ2v) is 10.8. The molecule has 0 bridgehead atoms. The third kappa shape index (κ3) is 3.78. The molecule has 0 saturated carbocycles. The predicted octanol–water partition coefficient (Wildman–Crippen LogP) is 9.24. The molecule has 0 nitrogen and oxygen atoms in total. The van der Waals surface area contributed by atoms with E-state index in [4.69, 9.17) is 0 Å². The number of allylic oxidation sites excluding steroid dienone is 2. The van der Waals surface area contributed by atoms with Gasteiger partial charge < -0.3 is 0 Å². The van der Waals surface area contributed by atoms with Crippen LogP contribution >= 0.6 is 0 Å². The van der Waals surface area contributed by atoms with E-state index in [1.54, 1.807) is 0 Å². The molecular formula is C35H32. The molecule has 2 aliphatic carbocycles. The Hall–Kier alpha value is -3.64. The Morgan fingerprint density at radius 2 is 0.971 bits per heavy atom. The summed E-state index contributed by atoms with van der Waals surface area (Å²) in [5.74, 6) is 0. The average Bonchev–Trinajstić information content (AvgIpc) is 3.49. The molecule has 0 unspecified atom stereocenters. The fourth-order valence-corrected chi connectivity index (χ4v) is 5.87. The van der Waals surface area contributed by atoms with E-state index in [2.05, 4.69) is 125 Å². The lowest BCUT2D eigenvalue weighted by atomic mass is 9.75. The molecular weight excluding hydrogens is 420 g/mol. The van der Waals surface area contributed by atoms with Crippen LogP contribution in [0.25, 0.3) is 34.4 Å². The first-order valence-electron chi connectivity index (χ1n) is 12.7. The van der Waals surface area contributed by atoms with Gasteiger partial charge in [-0.2, -0.15) is 0 Å². The minimum Gasteiger partial charge on any atom is -0.0614 e. The van der Waals surface area contributed by atoms with Crippen LogP contribution in [0, 0.1) is 19.3 Å². The van der Waals surface area contributed by atoms with Gasteiger partial charge >= 0.3 is 0 Å². The van der Waals surface area contributed by atoms with Crippen LogP contribution in [0.5, 0.6) is 0 Å². The normalized spacial score (nSPS) is 14.4. The molecule has 6 rings (SSSR count). The first kappa shape index (κ1) is 21.9. The Bertz CT molecular complexity index is 1410. The molecule has 0 heterocycles. The maximum atomic E-state index is 2.48. The summed E-state index contributed by atoms with van der Waals surface area (Å²) in [4.78, 5) is 0. The quantitative estimate of drug-likeness (QED) is 0.289. The summed E-state index contributed by atoms with van der Waals surface area (Å²) in [6.45, 7) is 9.18. The third-order valence-electron chi connectivity index (χ3n) is 8.06. The van der Waals surface area contributed by atoms with Gasteiger partial charge in [0.05, 0.1) is 0 Å². The number of rotatable bonds is 4. The van der Waals surface area contributed by atoms with Crippen LogP contribution in [0.15, 0.2) is 96.1 Å². The van der Waals surface area contributed by atoms with Crippen molar-refractivity contribution in [1.82, 2.24) is 0 Å². The summed E-state index contributed by atoms with van der Waals surface area (Å²) in [7, 11) is 0. The van der Waals surface area contributed by atoms with Gasteiger partial charge in [0, 0.05) is 5.41 Å². The Morgan fingerprint density at radius 3 is 1.40 bits per heavy atom. The van der Waals surface area contributed by atoms with Crippen LogP contribution in [0.1, 0.15) is 47.2 Å². The average molecular weight is 453 g/mol. The van der Waals surface area contributed by atoms with Crippen molar-refractivity contribution in [3.8, 4) is 22.3 Å². The molecule has 0 atom stereocenters. The van der Waals surface area contributed by atoms with Crippen LogP contribution in [-0.2, 0) is 12.8 Å². The van der Waals surface area contributed by atoms with Crippen molar-refractivity contribution in [2.24, 2.45) is 5.41 Å². The van der Waals surface area contributed by atoms with Crippen molar-refractivity contribution in [3.05, 3.63) is 129 Å². The highest BCUT2D eigenvalue weighted by atomic mass is 14.4. The highest BCUT2D eigenvalue weighted by molar-refractivity contribution is 5.84. The molecule has 172 valence electrons. The lowest BCUT2D eigenvalue weighted by Gasteiger charge is -2.28. The van der Waals surface area contributed by atoms with Gasteiger partial charge in [-0.05, 0) is 71.2 Å². The molecule has 0 amide bonds. The molecule has 0 spiro atoms. The van der Waals surface area contributed by atoms with Gasteiger partial charge in [0.2, 0.25) is 0 Å². The highest BCUT2D eigenvalue weighted by Gasteiger charge is 2.34. The number of hydrogen-bond donors (Lipinski definition) is 0. The molecule has 0 heteroatoms. The Balaban J connectivity index is 1.38. The number of aryl methyl sites for hydroxylation is 2. The lowest BCUT2D eigenvalue weighted by molar-refractivity contribution is 0.526. The van der Waals surface area contributed by atoms with Gasteiger partial charge in [0.15, 0.2) is 0 Å². The summed E-state index contributed by atoms with van der Waals surface area (Å²) in [5, 5.41) is 0. The van der Waals surface area contributed by atoms with E-state index < -0.39 is 0 Å². The van der Waals surface area contributed by atoms with Crippen LogP contribution in [0.3, 0.4) is 0 Å². The van der Waals surface area contributed by atoms with E-state index in [-0.39, 0.29) is 5.41 Å². The van der Waals surface area contributed by atoms with E-state index in [0.717, 1.165) is 12.8 Å². The molecule has 0 aromatic heterocycles. The molecule has 0 N–H and O–H groups in total. The number of hydrogen-bond acceptors (Lipinski definition) is 0. The van der Waals surface area contributed by atoms with E-state index >= 15 is 0 Å². The van der Waals surface area contributed by atoms with Crippen LogP contribution < -0.4 is 0 Å². The molecule has 0 radical (unpaired) electrons. The van der Waals surface area contributed by atoms with Gasteiger partial charge in [0.25, 0.3) is 0 Å². The Morgan fingerprint density at radius 1 is 0.543 bits per heavy atom. The van der Waals surface area contributed by atoms with Gasteiger partial charge in [-0.15, -0.1) is 0 Å². The molecule has 2 aliphatic rings. The third-order valence-corrected chi connectivity index (χ3v) is 8.06. The zero-order valence-electron chi connectivity index (χ0n) is 21.2. The van der Waals surface area contributed by atoms with Crippen molar-refractivity contribution < 1.29 is 0 Å². The first-order valence-corrected chi connectivity index (χ1v) is 12.7. The van der Waals surface area contributed by atoms with Crippen LogP contribution in [0.4, 0.5) is 0 Å². The van der Waals surface area contributed by atoms with Gasteiger partial charge in [-0.3, -0.25) is 0 Å². The van der Waals surface area contributed by atoms with Gasteiger partial charge in [-0.25, -0.2) is 0 Å². The molecule has 0 saturated heterocycles. The minimum absolute atomic E-state index is 0.00574. The van der Waals surface area contributed by atoms with Crippen molar-refractivity contribution in [2.45, 2.75) is 40.5 Å². The zero-order valence-corrected chi connectivity index (χ0v) is 21.2. The van der Waals surface area contributed by atoms with E-state index in [9.17, 15) is 0 Å². The maximum absolute atomic E-state index is 2.48. The molecule has 0 aliphatic heterocycles. The Kier molecular flexibility index (Phi) is 5.15. The highest BCUT2D eigenvalue weighted by Crippen LogP contribution is 2.48. The summed E-state index contributed by atoms with van der Waals surface area (Å²) in [6, 6.07) is 31.4. The first-order chi connectivity index (χ1) is 16.9. The smallest absolute Gasteiger partial charge is 0.00773 e. The summed E-state index contributed by atoms with van der Waals surface area (Å²) >= 11 is 0. The Labute approximate surface area is 209 Å². The fourth-order valence-electron chi connectivity index (χ4n) is 5.87. The van der Waals surface area contributed by atoms with Gasteiger partial charge in [-0.1, -0.05) is 133 Å². The van der Waals surface area contributed by atoms with E-state index in [1.165, 1.54) is 66.8 Å². The van der Waals surface area contributed by atoms with Crippen molar-refractivity contribution >= 4 is 12.2 Å². The maximum Gasteiger partial charge on any atom is 0.00773 e. The summed E-state index contributed by atoms with van der Waals surface area (Å²) in [5.41, 5.74) is 16.7. The minimum atomic E-state index is 0.00574. The number of benzene rings is 4. The molecule has 4 aromatic carbocycles. The number of fused-ring (bicyclic) bond motifs is 2. The fraction of sp³-hybridized carbons (Fsp3) is 0.200. The lowest BCUT2D eigenvalue weighted by Crippen LogP contribution is -2.18. The second kappa shape index (κ2) is 8.24. The van der Waals surface area contributed by atoms with E-state index in [1.807, 2.05) is 0 Å². The monoisotopic (exact) mass is 452 g/mol. The van der Waals surface area contributed by atoms with Crippen LogP contribution in [-0.4, -0.2) is 0 Å². The van der Waals surface area contributed by atoms with Gasteiger partial charge in [0.1, 0.15) is 0 Å². The van der Waals surface area contributed by atoms with E-state index in [0.29, 0.717) is 0 Å². The predicted molar refractivity (Wildman–Crippen MR) is 150 cm³/mol. The topological polar surface area (TPSA) is 0 Å². The molecule has 35 heavy (non-hydrogen) atoms. The molecule has 0 fully saturated rings. The zero-order chi connectivity index (χ0) is 24.2. The molecule has 4 aromatic rings. The SMILES string of the molecule is Cc1cccc(-c2cccc3c2C=C(C(C)(C)C2=Cc4c(cccc4-c4cccc(C)c4)C2)C3)c1. The summed E-state index contributed by atoms with van der Waals surface area (Å²) < 4.78 is 0. The van der Waals surface area contributed by atoms with Crippen molar-refractivity contribution in [2.75, 3.05) is 0 Å². The second-order valence-electron chi connectivity index (χ2n) is 10.8. The van der Waals surface area contributed by atoms with Crippen molar-refractivity contribution in [1.29, 1.82) is 0 Å². The standard InChI is InChI=1S/C35H32/c1-23-9-5-11-25(17-23)31-15-7-13-27-19-29(21-33(27)31)35(3,4)30-20-28-14-8-16-32(34(28)22-30)26-12-6-10-24(2)18-26/h5-18,21-22H,19-20H2,1-4H3. The van der Waals surface area contributed by atoms with Crippen molar-refractivity contribution in [3.63, 3.8) is 0 Å². The largest absolute Gasteiger partial charge is 0.0614 e.